The van der Waals surface area contributed by atoms with Crippen molar-refractivity contribution in [3.63, 3.8) is 0 Å². The van der Waals surface area contributed by atoms with Crippen LogP contribution in [0.5, 0.6) is 0 Å². The molecule has 0 radical (unpaired) electrons. The molecule has 3 heteroatoms. The van der Waals surface area contributed by atoms with E-state index < -0.39 is 0 Å². The molecule has 1 aromatic rings. The molecule has 1 aliphatic rings. The Hall–Kier alpha value is -1.51. The predicted molar refractivity (Wildman–Crippen MR) is 53.9 cm³/mol. The van der Waals surface area contributed by atoms with Gasteiger partial charge < -0.3 is 10.1 Å². The van der Waals surface area contributed by atoms with Gasteiger partial charge in [0, 0.05) is 19.0 Å². The Bertz CT molecular complexity index is 349. The maximum atomic E-state index is 10.8. The molecule has 0 saturated heterocycles. The van der Waals surface area contributed by atoms with Crippen molar-refractivity contribution >= 4 is 11.7 Å². The van der Waals surface area contributed by atoms with Crippen LogP contribution < -0.4 is 5.32 Å². The highest BCUT2D eigenvalue weighted by Gasteiger charge is 2.18. The summed E-state index contributed by atoms with van der Waals surface area (Å²) in [6.45, 7) is 1.43. The van der Waals surface area contributed by atoms with Crippen molar-refractivity contribution in [3.8, 4) is 0 Å². The van der Waals surface area contributed by atoms with Crippen LogP contribution in [-0.2, 0) is 16.0 Å². The van der Waals surface area contributed by atoms with Crippen molar-refractivity contribution in [2.75, 3.05) is 5.32 Å². The molecule has 0 amide bonds. The predicted octanol–water partition coefficient (Wildman–Crippen LogP) is 1.93. The summed E-state index contributed by atoms with van der Waals surface area (Å²) in [5.41, 5.74) is 2.36. The fourth-order valence-corrected chi connectivity index (χ4v) is 1.70. The average molecular weight is 191 g/mol. The molecule has 1 aromatic carbocycles. The number of para-hydroxylation sites is 1. The largest absolute Gasteiger partial charge is 0.442 e. The van der Waals surface area contributed by atoms with Crippen LogP contribution in [0.1, 0.15) is 18.9 Å². The van der Waals surface area contributed by atoms with Gasteiger partial charge in [0.05, 0.1) is 0 Å². The van der Waals surface area contributed by atoms with Crippen molar-refractivity contribution in [1.82, 2.24) is 0 Å². The number of fused-ring (bicyclic) bond motifs is 1. The Morgan fingerprint density at radius 3 is 3.07 bits per heavy atom. The SMILES string of the molecule is CC(=O)OC1CCc2ccccc2N1. The molecule has 2 rings (SSSR count). The Kier molecular flexibility index (Phi) is 2.39. The van der Waals surface area contributed by atoms with Gasteiger partial charge in [0.2, 0.25) is 0 Å². The third-order valence-electron chi connectivity index (χ3n) is 2.32. The van der Waals surface area contributed by atoms with Crippen LogP contribution in [0, 0.1) is 0 Å². The molecule has 1 aliphatic heterocycles. The zero-order valence-corrected chi connectivity index (χ0v) is 8.12. The van der Waals surface area contributed by atoms with Crippen molar-refractivity contribution in [2.45, 2.75) is 26.0 Å². The molecule has 0 aliphatic carbocycles. The summed E-state index contributed by atoms with van der Waals surface area (Å²) in [6, 6.07) is 8.09. The number of aryl methyl sites for hydroxylation is 1. The smallest absolute Gasteiger partial charge is 0.304 e. The summed E-state index contributed by atoms with van der Waals surface area (Å²) in [5.74, 6) is -0.234. The van der Waals surface area contributed by atoms with E-state index in [0.29, 0.717) is 0 Å². The summed E-state index contributed by atoms with van der Waals surface area (Å²) in [5, 5.41) is 3.19. The van der Waals surface area contributed by atoms with E-state index in [4.69, 9.17) is 4.74 Å². The van der Waals surface area contributed by atoms with Crippen molar-refractivity contribution in [2.24, 2.45) is 0 Å². The molecule has 0 bridgehead atoms. The Morgan fingerprint density at radius 1 is 1.50 bits per heavy atom. The van der Waals surface area contributed by atoms with Crippen LogP contribution in [0.4, 0.5) is 5.69 Å². The second-order valence-electron chi connectivity index (χ2n) is 3.44. The van der Waals surface area contributed by atoms with Gasteiger partial charge in [-0.3, -0.25) is 4.79 Å². The minimum atomic E-state index is -0.234. The number of ether oxygens (including phenoxy) is 1. The topological polar surface area (TPSA) is 38.3 Å². The molecule has 0 spiro atoms. The van der Waals surface area contributed by atoms with Crippen LogP contribution in [0.15, 0.2) is 24.3 Å². The second kappa shape index (κ2) is 3.70. The van der Waals surface area contributed by atoms with Crippen LogP contribution in [0.2, 0.25) is 0 Å². The molecule has 0 saturated carbocycles. The summed E-state index contributed by atoms with van der Waals surface area (Å²) in [6.07, 6.45) is 1.64. The zero-order valence-electron chi connectivity index (χ0n) is 8.12. The molecule has 14 heavy (non-hydrogen) atoms. The second-order valence-corrected chi connectivity index (χ2v) is 3.44. The first kappa shape index (κ1) is 9.06. The van der Waals surface area contributed by atoms with E-state index in [-0.39, 0.29) is 12.2 Å². The molecular weight excluding hydrogens is 178 g/mol. The van der Waals surface area contributed by atoms with E-state index in [1.54, 1.807) is 0 Å². The summed E-state index contributed by atoms with van der Waals surface area (Å²) in [4.78, 5) is 10.8. The summed E-state index contributed by atoms with van der Waals surface area (Å²) < 4.78 is 5.10. The van der Waals surface area contributed by atoms with Gasteiger partial charge >= 0.3 is 5.97 Å². The van der Waals surface area contributed by atoms with Crippen LogP contribution in [0.25, 0.3) is 0 Å². The minimum absolute atomic E-state index is 0.164. The lowest BCUT2D eigenvalue weighted by Gasteiger charge is -2.26. The Balaban J connectivity index is 2.09. The van der Waals surface area contributed by atoms with Gasteiger partial charge in [-0.15, -0.1) is 0 Å². The Labute approximate surface area is 83.1 Å². The highest BCUT2D eigenvalue weighted by atomic mass is 16.6. The lowest BCUT2D eigenvalue weighted by molar-refractivity contribution is -0.145. The van der Waals surface area contributed by atoms with Gasteiger partial charge in [-0.1, -0.05) is 18.2 Å². The van der Waals surface area contributed by atoms with Gasteiger partial charge in [-0.25, -0.2) is 0 Å². The number of carbonyl (C=O) groups excluding carboxylic acids is 1. The Morgan fingerprint density at radius 2 is 2.29 bits per heavy atom. The maximum Gasteiger partial charge on any atom is 0.304 e. The molecule has 1 unspecified atom stereocenters. The molecule has 1 atom stereocenters. The third-order valence-corrected chi connectivity index (χ3v) is 2.32. The van der Waals surface area contributed by atoms with Gasteiger partial charge in [0.15, 0.2) is 6.23 Å². The summed E-state index contributed by atoms with van der Waals surface area (Å²) in [7, 11) is 0. The quantitative estimate of drug-likeness (QED) is 0.689. The molecule has 74 valence electrons. The van der Waals surface area contributed by atoms with E-state index in [1.807, 2.05) is 18.2 Å². The molecule has 0 fully saturated rings. The van der Waals surface area contributed by atoms with Crippen LogP contribution >= 0.6 is 0 Å². The number of anilines is 1. The van der Waals surface area contributed by atoms with Gasteiger partial charge in [0.1, 0.15) is 0 Å². The highest BCUT2D eigenvalue weighted by Crippen LogP contribution is 2.24. The lowest BCUT2D eigenvalue weighted by atomic mass is 10.0. The van der Waals surface area contributed by atoms with Crippen molar-refractivity contribution in [3.05, 3.63) is 29.8 Å². The van der Waals surface area contributed by atoms with Gasteiger partial charge in [-0.05, 0) is 18.1 Å². The van der Waals surface area contributed by atoms with Crippen molar-refractivity contribution < 1.29 is 9.53 Å². The third kappa shape index (κ3) is 1.87. The lowest BCUT2D eigenvalue weighted by Crippen LogP contribution is -2.29. The molecule has 1 N–H and O–H groups in total. The first-order valence-corrected chi connectivity index (χ1v) is 4.77. The number of hydrogen-bond acceptors (Lipinski definition) is 3. The number of hydrogen-bond donors (Lipinski definition) is 1. The fraction of sp³-hybridized carbons (Fsp3) is 0.364. The number of nitrogens with one attached hydrogen (secondary N) is 1. The minimum Gasteiger partial charge on any atom is -0.442 e. The first-order chi connectivity index (χ1) is 6.75. The highest BCUT2D eigenvalue weighted by molar-refractivity contribution is 5.66. The molecular formula is C11H13NO2. The molecule has 0 aromatic heterocycles. The number of carbonyl (C=O) groups is 1. The van der Waals surface area contributed by atoms with Crippen molar-refractivity contribution in [1.29, 1.82) is 0 Å². The average Bonchev–Trinajstić information content (AvgIpc) is 2.17. The number of rotatable bonds is 1. The van der Waals surface area contributed by atoms with Gasteiger partial charge in [0.25, 0.3) is 0 Å². The summed E-state index contributed by atoms with van der Waals surface area (Å²) >= 11 is 0. The number of benzene rings is 1. The standard InChI is InChI=1S/C11H13NO2/c1-8(13)14-11-7-6-9-4-2-3-5-10(9)12-11/h2-5,11-12H,6-7H2,1H3. The molecule has 1 heterocycles. The number of esters is 1. The van der Waals surface area contributed by atoms with Crippen LogP contribution in [-0.4, -0.2) is 12.2 Å². The zero-order chi connectivity index (χ0) is 9.97. The normalized spacial score (nSPS) is 19.4. The van der Waals surface area contributed by atoms with E-state index in [0.717, 1.165) is 18.5 Å². The van der Waals surface area contributed by atoms with E-state index in [9.17, 15) is 4.79 Å². The maximum absolute atomic E-state index is 10.8. The molecule has 3 nitrogen and oxygen atoms in total. The first-order valence-electron chi connectivity index (χ1n) is 4.77. The van der Waals surface area contributed by atoms with Crippen LogP contribution in [0.3, 0.4) is 0 Å². The fourth-order valence-electron chi connectivity index (χ4n) is 1.70. The van der Waals surface area contributed by atoms with E-state index in [2.05, 4.69) is 11.4 Å². The monoisotopic (exact) mass is 191 g/mol. The van der Waals surface area contributed by atoms with Gasteiger partial charge in [-0.2, -0.15) is 0 Å². The van der Waals surface area contributed by atoms with E-state index >= 15 is 0 Å². The van der Waals surface area contributed by atoms with E-state index in [1.165, 1.54) is 12.5 Å².